The van der Waals surface area contributed by atoms with E-state index in [2.05, 4.69) is 15.5 Å². The molecule has 0 bridgehead atoms. The number of carboxylic acids is 1. The van der Waals surface area contributed by atoms with Gasteiger partial charge in [-0.05, 0) is 31.9 Å². The van der Waals surface area contributed by atoms with Crippen LogP contribution in [0.4, 0.5) is 0 Å². The number of nitrogens with zero attached hydrogens (tertiary/aromatic N) is 2. The highest BCUT2D eigenvalue weighted by atomic mass is 16.5. The molecule has 0 spiro atoms. The van der Waals surface area contributed by atoms with E-state index in [1.165, 1.54) is 0 Å². The summed E-state index contributed by atoms with van der Waals surface area (Å²) in [6.07, 6.45) is 1.11. The summed E-state index contributed by atoms with van der Waals surface area (Å²) in [6.45, 7) is 1.72. The van der Waals surface area contributed by atoms with E-state index >= 15 is 0 Å². The van der Waals surface area contributed by atoms with Gasteiger partial charge in [0.25, 0.3) is 0 Å². The molecule has 1 aromatic carbocycles. The summed E-state index contributed by atoms with van der Waals surface area (Å²) in [7, 11) is 1.57. The number of hydrogen-bond donors (Lipinski definition) is 2. The van der Waals surface area contributed by atoms with Crippen LogP contribution < -0.4 is 10.1 Å². The number of benzene rings is 1. The highest BCUT2D eigenvalue weighted by Gasteiger charge is 2.41. The van der Waals surface area contributed by atoms with Gasteiger partial charge >= 0.3 is 5.97 Å². The van der Waals surface area contributed by atoms with E-state index in [1.807, 2.05) is 18.2 Å². The first-order chi connectivity index (χ1) is 12.0. The van der Waals surface area contributed by atoms with Crippen molar-refractivity contribution in [2.75, 3.05) is 7.11 Å². The third-order valence-electron chi connectivity index (χ3n) is 4.43. The first kappa shape index (κ1) is 16.9. The van der Waals surface area contributed by atoms with Gasteiger partial charge in [0.05, 0.1) is 18.9 Å². The summed E-state index contributed by atoms with van der Waals surface area (Å²) < 4.78 is 10.4. The van der Waals surface area contributed by atoms with Crippen molar-refractivity contribution in [1.82, 2.24) is 15.5 Å². The molecule has 8 heteroatoms. The van der Waals surface area contributed by atoms with Crippen molar-refractivity contribution in [1.29, 1.82) is 0 Å². The van der Waals surface area contributed by atoms with Crippen molar-refractivity contribution < 1.29 is 24.0 Å². The maximum absolute atomic E-state index is 12.2. The molecule has 0 saturated heterocycles. The number of methoxy groups -OCH3 is 1. The molecular formula is C17H19N3O5. The number of aliphatic carboxylic acids is 1. The van der Waals surface area contributed by atoms with Crippen molar-refractivity contribution >= 4 is 11.9 Å². The van der Waals surface area contributed by atoms with E-state index in [4.69, 9.17) is 14.4 Å². The number of hydrogen-bond acceptors (Lipinski definition) is 6. The Kier molecular flexibility index (Phi) is 4.69. The van der Waals surface area contributed by atoms with Crippen molar-refractivity contribution in [3.8, 4) is 17.1 Å². The van der Waals surface area contributed by atoms with Crippen LogP contribution in [0.3, 0.4) is 0 Å². The van der Waals surface area contributed by atoms with Gasteiger partial charge in [0.1, 0.15) is 11.8 Å². The largest absolute Gasteiger partial charge is 0.497 e. The molecule has 1 amide bonds. The van der Waals surface area contributed by atoms with Gasteiger partial charge in [-0.25, -0.2) is 0 Å². The molecule has 1 aliphatic rings. The van der Waals surface area contributed by atoms with E-state index in [-0.39, 0.29) is 11.8 Å². The predicted octanol–water partition coefficient (Wildman–Crippen LogP) is 2.03. The number of carboxylic acid groups (broad SMARTS) is 1. The number of aromatic nitrogens is 2. The minimum Gasteiger partial charge on any atom is -0.497 e. The van der Waals surface area contributed by atoms with Crippen molar-refractivity contribution in [2.24, 2.45) is 11.8 Å². The lowest BCUT2D eigenvalue weighted by Gasteiger charge is -2.32. The molecule has 3 rings (SSSR count). The van der Waals surface area contributed by atoms with Gasteiger partial charge < -0.3 is 19.7 Å². The molecule has 2 aromatic rings. The monoisotopic (exact) mass is 345 g/mol. The van der Waals surface area contributed by atoms with Gasteiger partial charge in [-0.3, -0.25) is 9.59 Å². The fourth-order valence-electron chi connectivity index (χ4n) is 2.78. The van der Waals surface area contributed by atoms with E-state index in [0.29, 0.717) is 24.4 Å². The molecule has 1 fully saturated rings. The van der Waals surface area contributed by atoms with Crippen LogP contribution in [0.25, 0.3) is 11.4 Å². The van der Waals surface area contributed by atoms with Gasteiger partial charge in [-0.15, -0.1) is 0 Å². The molecule has 8 nitrogen and oxygen atoms in total. The van der Waals surface area contributed by atoms with E-state index in [1.54, 1.807) is 20.1 Å². The quantitative estimate of drug-likeness (QED) is 0.823. The number of rotatable bonds is 6. The van der Waals surface area contributed by atoms with Gasteiger partial charge in [0.15, 0.2) is 0 Å². The van der Waals surface area contributed by atoms with Crippen LogP contribution in [0.2, 0.25) is 0 Å². The molecule has 1 aromatic heterocycles. The van der Waals surface area contributed by atoms with Crippen LogP contribution in [-0.2, 0) is 9.59 Å². The topological polar surface area (TPSA) is 115 Å². The number of nitrogens with one attached hydrogen (secondary N) is 1. The molecule has 3 unspecified atom stereocenters. The Balaban J connectivity index is 1.67. The average molecular weight is 345 g/mol. The lowest BCUT2D eigenvalue weighted by Crippen LogP contribution is -2.44. The standard InChI is InChI=1S/C17H19N3O5/c1-9(18-15(21)12-6-7-13(12)17(22)23)16-19-14(20-25-16)10-4-3-5-11(8-10)24-2/h3-5,8-9,12-13H,6-7H2,1-2H3,(H,18,21)(H,22,23). The number of ether oxygens (including phenoxy) is 1. The first-order valence-electron chi connectivity index (χ1n) is 8.00. The summed E-state index contributed by atoms with van der Waals surface area (Å²) in [5.41, 5.74) is 0.734. The Bertz CT molecular complexity index is 788. The molecule has 1 heterocycles. The lowest BCUT2D eigenvalue weighted by molar-refractivity contribution is -0.153. The first-order valence-corrected chi connectivity index (χ1v) is 8.00. The van der Waals surface area contributed by atoms with Gasteiger partial charge in [0.2, 0.25) is 17.6 Å². The Morgan fingerprint density at radius 1 is 1.36 bits per heavy atom. The molecule has 0 radical (unpaired) electrons. The fraction of sp³-hybridized carbons (Fsp3) is 0.412. The van der Waals surface area contributed by atoms with Crippen molar-refractivity contribution in [2.45, 2.75) is 25.8 Å². The maximum atomic E-state index is 12.2. The predicted molar refractivity (Wildman–Crippen MR) is 86.7 cm³/mol. The van der Waals surface area contributed by atoms with Crippen LogP contribution >= 0.6 is 0 Å². The van der Waals surface area contributed by atoms with Gasteiger partial charge in [-0.2, -0.15) is 4.98 Å². The SMILES string of the molecule is COc1cccc(-c2noc(C(C)NC(=O)C3CCC3C(=O)O)n2)c1. The normalized spacial score (nSPS) is 20.4. The molecule has 2 N–H and O–H groups in total. The Hall–Kier alpha value is -2.90. The minimum absolute atomic E-state index is 0.261. The summed E-state index contributed by atoms with van der Waals surface area (Å²) >= 11 is 0. The number of carbonyl (C=O) groups is 2. The number of carbonyl (C=O) groups excluding carboxylic acids is 1. The molecule has 0 aliphatic heterocycles. The number of amides is 1. The third-order valence-corrected chi connectivity index (χ3v) is 4.43. The summed E-state index contributed by atoms with van der Waals surface area (Å²) in [5.74, 6) is -1.01. The van der Waals surface area contributed by atoms with Crippen molar-refractivity contribution in [3.05, 3.63) is 30.2 Å². The molecule has 3 atom stereocenters. The zero-order chi connectivity index (χ0) is 18.0. The van der Waals surface area contributed by atoms with Crippen LogP contribution in [0.1, 0.15) is 31.7 Å². The third kappa shape index (κ3) is 3.47. The molecule has 1 saturated carbocycles. The van der Waals surface area contributed by atoms with Crippen LogP contribution in [-0.4, -0.2) is 34.2 Å². The minimum atomic E-state index is -0.933. The zero-order valence-corrected chi connectivity index (χ0v) is 13.9. The second kappa shape index (κ2) is 6.92. The Morgan fingerprint density at radius 3 is 2.76 bits per heavy atom. The summed E-state index contributed by atoms with van der Waals surface area (Å²) in [5, 5.41) is 15.7. The van der Waals surface area contributed by atoms with Crippen LogP contribution in [0, 0.1) is 11.8 Å². The lowest BCUT2D eigenvalue weighted by atomic mass is 9.73. The summed E-state index contributed by atoms with van der Waals surface area (Å²) in [6, 6.07) is 6.73. The molecular weight excluding hydrogens is 326 g/mol. The summed E-state index contributed by atoms with van der Waals surface area (Å²) in [4.78, 5) is 27.5. The van der Waals surface area contributed by atoms with E-state index in [9.17, 15) is 9.59 Å². The highest BCUT2D eigenvalue weighted by molar-refractivity contribution is 5.86. The van der Waals surface area contributed by atoms with Gasteiger partial charge in [-0.1, -0.05) is 17.3 Å². The molecule has 132 valence electrons. The second-order valence-electron chi connectivity index (χ2n) is 6.05. The Morgan fingerprint density at radius 2 is 2.12 bits per heavy atom. The van der Waals surface area contributed by atoms with Crippen LogP contribution in [0.5, 0.6) is 5.75 Å². The van der Waals surface area contributed by atoms with E-state index < -0.39 is 23.8 Å². The van der Waals surface area contributed by atoms with Crippen LogP contribution in [0.15, 0.2) is 28.8 Å². The molecule has 25 heavy (non-hydrogen) atoms. The fourth-order valence-corrected chi connectivity index (χ4v) is 2.78. The maximum Gasteiger partial charge on any atom is 0.307 e. The molecule has 1 aliphatic carbocycles. The van der Waals surface area contributed by atoms with E-state index in [0.717, 1.165) is 5.56 Å². The average Bonchev–Trinajstić information content (AvgIpc) is 3.03. The smallest absolute Gasteiger partial charge is 0.307 e. The van der Waals surface area contributed by atoms with Crippen molar-refractivity contribution in [3.63, 3.8) is 0 Å². The highest BCUT2D eigenvalue weighted by Crippen LogP contribution is 2.35. The second-order valence-corrected chi connectivity index (χ2v) is 6.05. The van der Waals surface area contributed by atoms with Gasteiger partial charge in [0, 0.05) is 5.56 Å². The Labute approximate surface area is 144 Å². The zero-order valence-electron chi connectivity index (χ0n) is 13.9.